The lowest BCUT2D eigenvalue weighted by atomic mass is 10.2. The Balaban J connectivity index is 1.95. The summed E-state index contributed by atoms with van der Waals surface area (Å²) in [6, 6.07) is 7.78. The van der Waals surface area contributed by atoms with Crippen LogP contribution in [0.15, 0.2) is 34.9 Å². The van der Waals surface area contributed by atoms with Crippen molar-refractivity contribution in [2.75, 3.05) is 20.2 Å². The lowest BCUT2D eigenvalue weighted by molar-refractivity contribution is 0.415. The summed E-state index contributed by atoms with van der Waals surface area (Å²) in [5.74, 6) is 2.41. The van der Waals surface area contributed by atoms with Crippen molar-refractivity contribution in [1.82, 2.24) is 10.3 Å². The maximum atomic E-state index is 5.73. The van der Waals surface area contributed by atoms with Crippen molar-refractivity contribution in [3.8, 4) is 17.1 Å². The fraction of sp³-hybridized carbons (Fsp3) is 0.400. The van der Waals surface area contributed by atoms with Gasteiger partial charge in [-0.25, -0.2) is 4.98 Å². The average molecular weight is 260 g/mol. The molecule has 0 fully saturated rings. The molecule has 4 heteroatoms. The molecule has 102 valence electrons. The molecule has 0 amide bonds. The minimum absolute atomic E-state index is 0.773. The molecule has 1 heterocycles. The van der Waals surface area contributed by atoms with Crippen molar-refractivity contribution >= 4 is 0 Å². The van der Waals surface area contributed by atoms with Crippen molar-refractivity contribution < 1.29 is 9.15 Å². The number of nitrogens with one attached hydrogen (secondary N) is 1. The number of nitrogens with zero attached hydrogens (tertiary/aromatic N) is 1. The Bertz CT molecular complexity index is 491. The molecule has 0 saturated heterocycles. The molecule has 1 aromatic heterocycles. The number of methoxy groups -OCH3 is 1. The van der Waals surface area contributed by atoms with Crippen molar-refractivity contribution in [2.45, 2.75) is 19.8 Å². The van der Waals surface area contributed by atoms with Gasteiger partial charge in [0.2, 0.25) is 0 Å². The number of ether oxygens (including phenoxy) is 1. The second-order valence-electron chi connectivity index (χ2n) is 4.35. The predicted molar refractivity (Wildman–Crippen MR) is 75.4 cm³/mol. The third-order valence-corrected chi connectivity index (χ3v) is 2.87. The van der Waals surface area contributed by atoms with E-state index in [1.165, 1.54) is 0 Å². The van der Waals surface area contributed by atoms with E-state index in [1.807, 2.05) is 24.3 Å². The summed E-state index contributed by atoms with van der Waals surface area (Å²) in [7, 11) is 1.66. The van der Waals surface area contributed by atoms with Gasteiger partial charge in [0, 0.05) is 18.5 Å². The normalized spacial score (nSPS) is 10.6. The molecule has 0 bridgehead atoms. The first-order valence-corrected chi connectivity index (χ1v) is 6.63. The molecule has 0 unspecified atom stereocenters. The van der Waals surface area contributed by atoms with Crippen LogP contribution in [0.4, 0.5) is 0 Å². The zero-order valence-corrected chi connectivity index (χ0v) is 11.5. The standard InChI is InChI=1S/C15H20N2O2/c1-3-9-16-10-8-15-17-11-14(19-15)12-4-6-13(18-2)7-5-12/h4-7,11,16H,3,8-10H2,1-2H3. The summed E-state index contributed by atoms with van der Waals surface area (Å²) >= 11 is 0. The van der Waals surface area contributed by atoms with E-state index in [0.717, 1.165) is 48.9 Å². The molecule has 0 atom stereocenters. The first-order chi connectivity index (χ1) is 9.33. The van der Waals surface area contributed by atoms with Crippen LogP contribution in [0.1, 0.15) is 19.2 Å². The summed E-state index contributed by atoms with van der Waals surface area (Å²) in [6.45, 7) is 4.09. The Kier molecular flexibility index (Phi) is 4.98. The van der Waals surface area contributed by atoms with E-state index in [4.69, 9.17) is 9.15 Å². The van der Waals surface area contributed by atoms with E-state index in [-0.39, 0.29) is 0 Å². The van der Waals surface area contributed by atoms with Gasteiger partial charge in [-0.1, -0.05) is 6.92 Å². The Morgan fingerprint density at radius 1 is 1.21 bits per heavy atom. The molecule has 0 radical (unpaired) electrons. The summed E-state index contributed by atoms with van der Waals surface area (Å²) in [5.41, 5.74) is 1.01. The average Bonchev–Trinajstić information content (AvgIpc) is 2.92. The monoisotopic (exact) mass is 260 g/mol. The highest BCUT2D eigenvalue weighted by Gasteiger charge is 2.06. The van der Waals surface area contributed by atoms with Gasteiger partial charge in [-0.05, 0) is 37.2 Å². The zero-order valence-electron chi connectivity index (χ0n) is 11.5. The Morgan fingerprint density at radius 2 is 2.00 bits per heavy atom. The SMILES string of the molecule is CCCNCCc1ncc(-c2ccc(OC)cc2)o1. The number of oxazole rings is 1. The molecular formula is C15H20N2O2. The molecule has 2 aromatic rings. The van der Waals surface area contributed by atoms with Crippen molar-refractivity contribution in [1.29, 1.82) is 0 Å². The summed E-state index contributed by atoms with van der Waals surface area (Å²) < 4.78 is 10.9. The van der Waals surface area contributed by atoms with Gasteiger partial charge in [0.05, 0.1) is 13.3 Å². The van der Waals surface area contributed by atoms with Gasteiger partial charge in [-0.2, -0.15) is 0 Å². The van der Waals surface area contributed by atoms with Crippen LogP contribution in [0.2, 0.25) is 0 Å². The van der Waals surface area contributed by atoms with Gasteiger partial charge in [-0.15, -0.1) is 0 Å². The molecule has 0 aliphatic rings. The highest BCUT2D eigenvalue weighted by molar-refractivity contribution is 5.57. The van der Waals surface area contributed by atoms with Crippen LogP contribution in [-0.2, 0) is 6.42 Å². The van der Waals surface area contributed by atoms with Gasteiger partial charge in [0.1, 0.15) is 5.75 Å². The first kappa shape index (κ1) is 13.6. The molecule has 0 spiro atoms. The maximum Gasteiger partial charge on any atom is 0.196 e. The van der Waals surface area contributed by atoms with Crippen molar-refractivity contribution in [3.05, 3.63) is 36.4 Å². The number of benzene rings is 1. The van der Waals surface area contributed by atoms with Crippen LogP contribution in [0.3, 0.4) is 0 Å². The van der Waals surface area contributed by atoms with Gasteiger partial charge in [0.15, 0.2) is 11.7 Å². The molecule has 1 N–H and O–H groups in total. The topological polar surface area (TPSA) is 47.3 Å². The molecule has 1 aromatic carbocycles. The van der Waals surface area contributed by atoms with Gasteiger partial charge >= 0.3 is 0 Å². The fourth-order valence-corrected chi connectivity index (χ4v) is 1.81. The third kappa shape index (κ3) is 3.83. The van der Waals surface area contributed by atoms with Crippen LogP contribution in [0, 0.1) is 0 Å². The van der Waals surface area contributed by atoms with Crippen molar-refractivity contribution in [2.24, 2.45) is 0 Å². The maximum absolute atomic E-state index is 5.73. The first-order valence-electron chi connectivity index (χ1n) is 6.63. The largest absolute Gasteiger partial charge is 0.497 e. The summed E-state index contributed by atoms with van der Waals surface area (Å²) in [4.78, 5) is 4.29. The highest BCUT2D eigenvalue weighted by atomic mass is 16.5. The minimum atomic E-state index is 0.773. The van der Waals surface area contributed by atoms with E-state index in [9.17, 15) is 0 Å². The Hall–Kier alpha value is -1.81. The minimum Gasteiger partial charge on any atom is -0.497 e. The molecule has 2 rings (SSSR count). The predicted octanol–water partition coefficient (Wildman–Crippen LogP) is 2.89. The van der Waals surface area contributed by atoms with Crippen LogP contribution < -0.4 is 10.1 Å². The van der Waals surface area contributed by atoms with Gasteiger partial charge < -0.3 is 14.5 Å². The van der Waals surface area contributed by atoms with Crippen LogP contribution >= 0.6 is 0 Å². The molecule has 4 nitrogen and oxygen atoms in total. The second-order valence-corrected chi connectivity index (χ2v) is 4.35. The van der Waals surface area contributed by atoms with E-state index in [1.54, 1.807) is 13.3 Å². The summed E-state index contributed by atoms with van der Waals surface area (Å²) in [6.07, 6.45) is 3.73. The Labute approximate surface area is 113 Å². The van der Waals surface area contributed by atoms with Crippen molar-refractivity contribution in [3.63, 3.8) is 0 Å². The lowest BCUT2D eigenvalue weighted by Crippen LogP contribution is -2.17. The molecule has 0 saturated carbocycles. The lowest BCUT2D eigenvalue weighted by Gasteiger charge is -2.01. The number of hydrogen-bond donors (Lipinski definition) is 1. The van der Waals surface area contributed by atoms with Crippen LogP contribution in [0.5, 0.6) is 5.75 Å². The van der Waals surface area contributed by atoms with E-state index in [2.05, 4.69) is 17.2 Å². The highest BCUT2D eigenvalue weighted by Crippen LogP contribution is 2.23. The van der Waals surface area contributed by atoms with E-state index < -0.39 is 0 Å². The van der Waals surface area contributed by atoms with Crippen LogP contribution in [-0.4, -0.2) is 25.2 Å². The van der Waals surface area contributed by atoms with Crippen LogP contribution in [0.25, 0.3) is 11.3 Å². The van der Waals surface area contributed by atoms with E-state index in [0.29, 0.717) is 0 Å². The van der Waals surface area contributed by atoms with Gasteiger partial charge in [-0.3, -0.25) is 0 Å². The molecule has 0 aliphatic carbocycles. The zero-order chi connectivity index (χ0) is 13.5. The molecule has 0 aliphatic heterocycles. The second kappa shape index (κ2) is 6.95. The number of rotatable bonds is 7. The quantitative estimate of drug-likeness (QED) is 0.778. The smallest absolute Gasteiger partial charge is 0.196 e. The fourth-order valence-electron chi connectivity index (χ4n) is 1.81. The van der Waals surface area contributed by atoms with E-state index >= 15 is 0 Å². The number of hydrogen-bond acceptors (Lipinski definition) is 4. The molecular weight excluding hydrogens is 240 g/mol. The summed E-state index contributed by atoms with van der Waals surface area (Å²) in [5, 5.41) is 3.33. The number of aromatic nitrogens is 1. The Morgan fingerprint density at radius 3 is 2.68 bits per heavy atom. The molecule has 19 heavy (non-hydrogen) atoms. The third-order valence-electron chi connectivity index (χ3n) is 2.87. The van der Waals surface area contributed by atoms with Gasteiger partial charge in [0.25, 0.3) is 0 Å².